The lowest BCUT2D eigenvalue weighted by atomic mass is 9.92. The van der Waals surface area contributed by atoms with E-state index in [0.717, 1.165) is 6.42 Å². The zero-order valence-corrected chi connectivity index (χ0v) is 9.23. The minimum atomic E-state index is -0.518. The molecule has 0 aliphatic rings. The maximum absolute atomic E-state index is 10.5. The molecule has 84 valence electrons. The lowest BCUT2D eigenvalue weighted by Crippen LogP contribution is -2.13. The van der Waals surface area contributed by atoms with Crippen molar-refractivity contribution in [2.24, 2.45) is 5.41 Å². The summed E-state index contributed by atoms with van der Waals surface area (Å²) in [6.07, 6.45) is 2.06. The maximum atomic E-state index is 10.5. The molecule has 0 amide bonds. The van der Waals surface area contributed by atoms with E-state index < -0.39 is 4.92 Å². The summed E-state index contributed by atoms with van der Waals surface area (Å²) in [4.78, 5) is 9.99. The fourth-order valence-electron chi connectivity index (χ4n) is 1.15. The number of hydrogen-bond donors (Lipinski definition) is 1. The van der Waals surface area contributed by atoms with Crippen LogP contribution in [0.3, 0.4) is 0 Å². The summed E-state index contributed by atoms with van der Waals surface area (Å²) in [7, 11) is 0. The lowest BCUT2D eigenvalue weighted by molar-refractivity contribution is -0.384. The second kappa shape index (κ2) is 3.88. The first kappa shape index (κ1) is 11.5. The Labute approximate surface area is 88.2 Å². The third-order valence-corrected chi connectivity index (χ3v) is 2.13. The van der Waals surface area contributed by atoms with Crippen LogP contribution >= 0.6 is 0 Å². The van der Waals surface area contributed by atoms with Crippen LogP contribution in [0.25, 0.3) is 0 Å². The highest BCUT2D eigenvalue weighted by Crippen LogP contribution is 2.23. The fourth-order valence-corrected chi connectivity index (χ4v) is 1.15. The molecule has 1 aromatic heterocycles. The van der Waals surface area contributed by atoms with Gasteiger partial charge in [0.2, 0.25) is 5.82 Å². The molecule has 2 N–H and O–H groups in total. The van der Waals surface area contributed by atoms with E-state index in [4.69, 9.17) is 5.73 Å². The van der Waals surface area contributed by atoms with E-state index in [9.17, 15) is 10.1 Å². The molecule has 15 heavy (non-hydrogen) atoms. The second-order valence-electron chi connectivity index (χ2n) is 4.71. The first-order valence-electron chi connectivity index (χ1n) is 4.77. The van der Waals surface area contributed by atoms with E-state index in [2.05, 4.69) is 25.9 Å². The zero-order valence-electron chi connectivity index (χ0n) is 9.23. The highest BCUT2D eigenvalue weighted by molar-refractivity contribution is 5.51. The van der Waals surface area contributed by atoms with Gasteiger partial charge in [-0.15, -0.1) is 0 Å². The number of aromatic nitrogens is 2. The Morgan fingerprint density at radius 3 is 2.60 bits per heavy atom. The van der Waals surface area contributed by atoms with Gasteiger partial charge in [-0.1, -0.05) is 20.8 Å². The van der Waals surface area contributed by atoms with E-state index in [0.29, 0.717) is 6.54 Å². The number of aryl methyl sites for hydroxylation is 1. The summed E-state index contributed by atoms with van der Waals surface area (Å²) in [6.45, 7) is 6.90. The quantitative estimate of drug-likeness (QED) is 0.611. The van der Waals surface area contributed by atoms with Gasteiger partial charge in [-0.2, -0.15) is 5.10 Å². The minimum Gasteiger partial charge on any atom is -0.378 e. The summed E-state index contributed by atoms with van der Waals surface area (Å²) < 4.78 is 1.48. The second-order valence-corrected chi connectivity index (χ2v) is 4.71. The fraction of sp³-hybridized carbons (Fsp3) is 0.667. The summed E-state index contributed by atoms with van der Waals surface area (Å²) >= 11 is 0. The summed E-state index contributed by atoms with van der Waals surface area (Å²) in [5.41, 5.74) is 5.63. The molecule has 0 saturated carbocycles. The van der Waals surface area contributed by atoms with E-state index in [-0.39, 0.29) is 16.9 Å². The van der Waals surface area contributed by atoms with Crippen LogP contribution in [0.15, 0.2) is 6.20 Å². The summed E-state index contributed by atoms with van der Waals surface area (Å²) in [6, 6.07) is 0. The Bertz CT molecular complexity index is 365. The number of nitrogens with two attached hydrogens (primary N) is 1. The normalized spacial score (nSPS) is 11.7. The monoisotopic (exact) mass is 212 g/mol. The number of hydrogen-bond acceptors (Lipinski definition) is 4. The number of nitro groups is 1. The molecular formula is C9H16N4O2. The molecule has 0 aliphatic carbocycles. The van der Waals surface area contributed by atoms with Gasteiger partial charge in [0.1, 0.15) is 6.20 Å². The average Bonchev–Trinajstić information content (AvgIpc) is 2.42. The number of nitrogen functional groups attached to an aromatic ring is 1. The van der Waals surface area contributed by atoms with Crippen LogP contribution in [0.2, 0.25) is 0 Å². The van der Waals surface area contributed by atoms with Crippen molar-refractivity contribution in [3.05, 3.63) is 16.3 Å². The van der Waals surface area contributed by atoms with E-state index >= 15 is 0 Å². The zero-order chi connectivity index (χ0) is 11.6. The third kappa shape index (κ3) is 2.93. The van der Waals surface area contributed by atoms with Gasteiger partial charge in [0.15, 0.2) is 0 Å². The van der Waals surface area contributed by atoms with Crippen molar-refractivity contribution < 1.29 is 4.92 Å². The van der Waals surface area contributed by atoms with Gasteiger partial charge in [0.05, 0.1) is 4.92 Å². The van der Waals surface area contributed by atoms with Crippen LogP contribution < -0.4 is 5.73 Å². The standard InChI is InChI=1S/C9H16N4O2/c1-9(2,3)4-5-12-8(10)7(6-11-12)13(14)15/h6H,4-5,10H2,1-3H3. The Balaban J connectivity index is 2.75. The lowest BCUT2D eigenvalue weighted by Gasteiger charge is -2.17. The van der Waals surface area contributed by atoms with Crippen LogP contribution in [0.5, 0.6) is 0 Å². The average molecular weight is 212 g/mol. The van der Waals surface area contributed by atoms with Gasteiger partial charge in [0, 0.05) is 6.54 Å². The van der Waals surface area contributed by atoms with Crippen molar-refractivity contribution >= 4 is 11.5 Å². The van der Waals surface area contributed by atoms with Gasteiger partial charge in [-0.3, -0.25) is 10.1 Å². The molecule has 0 aliphatic heterocycles. The van der Waals surface area contributed by atoms with Crippen molar-refractivity contribution in [3.8, 4) is 0 Å². The first-order chi connectivity index (χ1) is 6.81. The van der Waals surface area contributed by atoms with Gasteiger partial charge in [-0.05, 0) is 11.8 Å². The number of nitrogens with zero attached hydrogens (tertiary/aromatic N) is 3. The van der Waals surface area contributed by atoms with Gasteiger partial charge in [-0.25, -0.2) is 4.68 Å². The molecule has 6 nitrogen and oxygen atoms in total. The first-order valence-corrected chi connectivity index (χ1v) is 4.77. The van der Waals surface area contributed by atoms with Crippen molar-refractivity contribution in [1.82, 2.24) is 9.78 Å². The van der Waals surface area contributed by atoms with E-state index in [1.54, 1.807) is 0 Å². The van der Waals surface area contributed by atoms with Gasteiger partial charge in [0.25, 0.3) is 0 Å². The third-order valence-electron chi connectivity index (χ3n) is 2.13. The van der Waals surface area contributed by atoms with Crippen molar-refractivity contribution in [3.63, 3.8) is 0 Å². The van der Waals surface area contributed by atoms with Crippen LogP contribution in [0, 0.1) is 15.5 Å². The predicted octanol–water partition coefficient (Wildman–Crippen LogP) is 1.81. The van der Waals surface area contributed by atoms with Crippen molar-refractivity contribution in [2.75, 3.05) is 5.73 Å². The summed E-state index contributed by atoms with van der Waals surface area (Å²) in [5.74, 6) is 0.129. The largest absolute Gasteiger partial charge is 0.378 e. The van der Waals surface area contributed by atoms with Crippen LogP contribution in [0.4, 0.5) is 11.5 Å². The Morgan fingerprint density at radius 1 is 1.60 bits per heavy atom. The smallest absolute Gasteiger partial charge is 0.330 e. The predicted molar refractivity (Wildman–Crippen MR) is 57.4 cm³/mol. The van der Waals surface area contributed by atoms with E-state index in [1.165, 1.54) is 10.9 Å². The molecule has 0 radical (unpaired) electrons. The number of anilines is 1. The van der Waals surface area contributed by atoms with Crippen molar-refractivity contribution in [1.29, 1.82) is 0 Å². The molecule has 6 heteroatoms. The van der Waals surface area contributed by atoms with E-state index in [1.807, 2.05) is 0 Å². The minimum absolute atomic E-state index is 0.121. The maximum Gasteiger partial charge on any atom is 0.330 e. The molecule has 1 heterocycles. The molecule has 0 unspecified atom stereocenters. The molecule has 0 bridgehead atoms. The van der Waals surface area contributed by atoms with Crippen LogP contribution in [0.1, 0.15) is 27.2 Å². The van der Waals surface area contributed by atoms with Gasteiger partial charge >= 0.3 is 5.69 Å². The molecular weight excluding hydrogens is 196 g/mol. The highest BCUT2D eigenvalue weighted by atomic mass is 16.6. The van der Waals surface area contributed by atoms with Crippen LogP contribution in [-0.2, 0) is 6.54 Å². The molecule has 1 aromatic rings. The highest BCUT2D eigenvalue weighted by Gasteiger charge is 2.18. The van der Waals surface area contributed by atoms with Crippen molar-refractivity contribution in [2.45, 2.75) is 33.7 Å². The topological polar surface area (TPSA) is 87.0 Å². The molecule has 0 aromatic carbocycles. The molecule has 0 saturated heterocycles. The molecule has 1 rings (SSSR count). The summed E-state index contributed by atoms with van der Waals surface area (Å²) in [5, 5.41) is 14.4. The number of rotatable bonds is 3. The SMILES string of the molecule is CC(C)(C)CCn1ncc([N+](=O)[O-])c1N. The van der Waals surface area contributed by atoms with Crippen LogP contribution in [-0.4, -0.2) is 14.7 Å². The Morgan fingerprint density at radius 2 is 2.20 bits per heavy atom. The molecule has 0 spiro atoms. The molecule has 0 atom stereocenters. The Hall–Kier alpha value is -1.59. The van der Waals surface area contributed by atoms with Gasteiger partial charge < -0.3 is 5.73 Å². The Kier molecular flexibility index (Phi) is 2.97. The molecule has 0 fully saturated rings.